The maximum atomic E-state index is 12.9. The van der Waals surface area contributed by atoms with Crippen LogP contribution >= 0.6 is 0 Å². The van der Waals surface area contributed by atoms with Crippen LogP contribution in [0.4, 0.5) is 0 Å². The molecule has 1 aromatic heterocycles. The normalized spacial score (nSPS) is 13.6. The summed E-state index contributed by atoms with van der Waals surface area (Å²) in [6.45, 7) is 9.74. The Hall–Kier alpha value is -6.90. The number of methoxy groups -OCH3 is 2. The monoisotopic (exact) mass is 922 g/mol. The van der Waals surface area contributed by atoms with E-state index in [-0.39, 0.29) is 25.8 Å². The Labute approximate surface area is 409 Å². The molecule has 0 saturated carbocycles. The Morgan fingerprint density at radius 3 is 1.74 bits per heavy atom. The predicted octanol–water partition coefficient (Wildman–Crippen LogP) is 7.57. The highest BCUT2D eigenvalue weighted by Crippen LogP contribution is 2.44. The van der Waals surface area contributed by atoms with Crippen LogP contribution in [0.25, 0.3) is 23.8 Å². The van der Waals surface area contributed by atoms with Gasteiger partial charge < -0.3 is 32.6 Å². The summed E-state index contributed by atoms with van der Waals surface area (Å²) in [6, 6.07) is 26.4. The second-order valence-corrected chi connectivity index (χ2v) is 17.1. The van der Waals surface area contributed by atoms with Gasteiger partial charge in [-0.15, -0.1) is 11.8 Å². The first-order valence-corrected chi connectivity index (χ1v) is 23.2. The number of aryl methyl sites for hydroxylation is 1. The topological polar surface area (TPSA) is 77.6 Å². The largest absolute Gasteiger partial charge is 0.520 e. The van der Waals surface area contributed by atoms with Crippen LogP contribution in [0.1, 0.15) is 69.0 Å². The molecule has 69 heavy (non-hydrogen) atoms. The zero-order chi connectivity index (χ0) is 49.2. The number of ether oxygens (including phenoxy) is 5. The minimum Gasteiger partial charge on any atom is -0.462 e. The van der Waals surface area contributed by atoms with Gasteiger partial charge in [0.25, 0.3) is 0 Å². The van der Waals surface area contributed by atoms with Crippen molar-refractivity contribution in [2.45, 2.75) is 20.8 Å². The maximum absolute atomic E-state index is 12.9. The molecule has 0 bridgehead atoms. The molecule has 354 valence electrons. The third-order valence-electron chi connectivity index (χ3n) is 11.2. The lowest BCUT2D eigenvalue weighted by atomic mass is 9.45. The van der Waals surface area contributed by atoms with Gasteiger partial charge in [0.15, 0.2) is 11.4 Å². The van der Waals surface area contributed by atoms with Crippen LogP contribution in [0.2, 0.25) is 0 Å². The lowest BCUT2D eigenvalue weighted by Gasteiger charge is -2.39. The lowest BCUT2D eigenvalue weighted by Crippen LogP contribution is -2.57. The first kappa shape index (κ1) is 51.5. The molecule has 0 spiro atoms. The quantitative estimate of drug-likeness (QED) is 0.0465. The fourth-order valence-electron chi connectivity index (χ4n) is 8.05. The Morgan fingerprint density at radius 1 is 0.696 bits per heavy atom. The Balaban J connectivity index is 1.62. The van der Waals surface area contributed by atoms with Crippen molar-refractivity contribution in [2.75, 3.05) is 102 Å². The van der Waals surface area contributed by atoms with Crippen molar-refractivity contribution in [3.63, 3.8) is 0 Å². The Bertz CT molecular complexity index is 2840. The third kappa shape index (κ3) is 13.4. The van der Waals surface area contributed by atoms with Crippen molar-refractivity contribution in [1.29, 1.82) is 0 Å². The molecular formula is C58H63BN4O6. The lowest BCUT2D eigenvalue weighted by molar-refractivity contribution is -0.328. The summed E-state index contributed by atoms with van der Waals surface area (Å²) in [5, 5.41) is 0. The van der Waals surface area contributed by atoms with E-state index in [1.807, 2.05) is 93.4 Å². The first-order chi connectivity index (χ1) is 33.5. The van der Waals surface area contributed by atoms with Gasteiger partial charge in [-0.05, 0) is 126 Å². The summed E-state index contributed by atoms with van der Waals surface area (Å²) in [7, 11) is 11.3. The van der Waals surface area contributed by atoms with Crippen LogP contribution in [-0.4, -0.2) is 139 Å². The molecule has 0 N–H and O–H groups in total. The van der Waals surface area contributed by atoms with Crippen molar-refractivity contribution >= 4 is 41.9 Å². The van der Waals surface area contributed by atoms with Gasteiger partial charge in [-0.3, -0.25) is 9.80 Å². The molecule has 3 aromatic carbocycles. The summed E-state index contributed by atoms with van der Waals surface area (Å²) >= 11 is 0. The van der Waals surface area contributed by atoms with Gasteiger partial charge in [0.05, 0.1) is 57.3 Å². The van der Waals surface area contributed by atoms with E-state index < -0.39 is 6.42 Å². The smallest absolute Gasteiger partial charge is 0.462 e. The maximum Gasteiger partial charge on any atom is 0.520 e. The van der Waals surface area contributed by atoms with Crippen molar-refractivity contribution < 1.29 is 33.0 Å². The molecule has 0 aliphatic carbocycles. The second-order valence-electron chi connectivity index (χ2n) is 17.1. The number of esters is 1. The van der Waals surface area contributed by atoms with Gasteiger partial charge in [-0.1, -0.05) is 66.2 Å². The summed E-state index contributed by atoms with van der Waals surface area (Å²) in [5.41, 5.74) is 12.1. The number of rotatable bonds is 17. The summed E-state index contributed by atoms with van der Waals surface area (Å²) in [6.07, 6.45) is 8.33. The van der Waals surface area contributed by atoms with Crippen LogP contribution in [0.5, 0.6) is 0 Å². The first-order valence-electron chi connectivity index (χ1n) is 23.2. The molecule has 0 fully saturated rings. The zero-order valence-corrected chi connectivity index (χ0v) is 41.6. The summed E-state index contributed by atoms with van der Waals surface area (Å²) < 4.78 is 32.5. The molecule has 0 atom stereocenters. The van der Waals surface area contributed by atoms with E-state index in [4.69, 9.17) is 23.7 Å². The number of fused-ring (bicyclic) bond motifs is 2. The molecule has 0 amide bonds. The molecule has 0 saturated heterocycles. The number of aromatic nitrogens is 1. The van der Waals surface area contributed by atoms with Gasteiger partial charge in [0.2, 0.25) is 0 Å². The third-order valence-corrected chi connectivity index (χ3v) is 11.2. The SMILES string of the molecule is CCOC(=O)c1ccc(C2=C3C(C)=CC(/C=C/c4ccc(C#CCN(C)C)cc4)=[N+]3[B-](C#CCOCCOC)(C#CCOCCOC)n3c(/C=C/c4ccc(C#CCN(C)C)cc4)cc(C)c32)cc1. The van der Waals surface area contributed by atoms with E-state index in [1.54, 1.807) is 14.2 Å². The van der Waals surface area contributed by atoms with Crippen LogP contribution in [0.15, 0.2) is 102 Å². The van der Waals surface area contributed by atoms with Crippen LogP contribution in [0.3, 0.4) is 0 Å². The van der Waals surface area contributed by atoms with E-state index in [0.29, 0.717) is 45.1 Å². The van der Waals surface area contributed by atoms with Crippen LogP contribution < -0.4 is 0 Å². The van der Waals surface area contributed by atoms with E-state index >= 15 is 0 Å². The molecule has 2 aliphatic rings. The summed E-state index contributed by atoms with van der Waals surface area (Å²) in [4.78, 5) is 17.0. The van der Waals surface area contributed by atoms with Crippen molar-refractivity contribution in [1.82, 2.24) is 14.3 Å². The number of carbonyl (C=O) groups excluding carboxylic acids is 1. The molecule has 0 unspecified atom stereocenters. The molecule has 3 heterocycles. The van der Waals surface area contributed by atoms with E-state index in [0.717, 1.165) is 67.3 Å². The van der Waals surface area contributed by atoms with Crippen molar-refractivity contribution in [3.05, 3.63) is 153 Å². The van der Waals surface area contributed by atoms with Crippen LogP contribution in [-0.2, 0) is 23.7 Å². The van der Waals surface area contributed by atoms with Crippen LogP contribution in [0, 0.1) is 54.1 Å². The van der Waals surface area contributed by atoms with Gasteiger partial charge in [-0.25, -0.2) is 4.79 Å². The minimum atomic E-state index is -2.36. The average Bonchev–Trinajstić information content (AvgIpc) is 3.86. The number of hydrogen-bond acceptors (Lipinski definition) is 8. The number of hydrogen-bond donors (Lipinski definition) is 0. The fraction of sp³-hybridized carbons (Fsp3) is 0.310. The van der Waals surface area contributed by atoms with Gasteiger partial charge in [0.1, 0.15) is 13.2 Å². The minimum absolute atomic E-state index is 0.167. The van der Waals surface area contributed by atoms with E-state index in [1.165, 1.54) is 0 Å². The standard InChI is InChI=1S/C58H63BN4O6/c1-10-69-58(64)52-29-27-51(28-30-52)55-56-45(2)43-53(31-25-49-21-17-47(18-22-49)15-11-35-60(4)5)62(56)59(33-13-37-67-41-39-65-8,34-14-38-68-42-40-66-9)63-54(44-46(3)57(55)63)32-26-50-23-19-48(20-24-50)16-12-36-61(6)7/h17-32,43-44H,10,35-42H2,1-9H3/b31-25+,32-26+. The molecule has 11 heteroatoms. The van der Waals surface area contributed by atoms with E-state index in [9.17, 15) is 4.79 Å². The van der Waals surface area contributed by atoms with E-state index in [2.05, 4.69) is 131 Å². The Morgan fingerprint density at radius 2 is 1.23 bits per heavy atom. The van der Waals surface area contributed by atoms with Crippen molar-refractivity contribution in [3.8, 4) is 47.2 Å². The number of allylic oxidation sites excluding steroid dienone is 3. The highest BCUT2D eigenvalue weighted by molar-refractivity contribution is 6.87. The second kappa shape index (κ2) is 25.5. The summed E-state index contributed by atoms with van der Waals surface area (Å²) in [5.74, 6) is 26.9. The Kier molecular flexibility index (Phi) is 19.0. The zero-order valence-electron chi connectivity index (χ0n) is 41.6. The van der Waals surface area contributed by atoms with Gasteiger partial charge >= 0.3 is 12.4 Å². The highest BCUT2D eigenvalue weighted by atomic mass is 16.5. The highest BCUT2D eigenvalue weighted by Gasteiger charge is 2.51. The number of carbonyl (C=O) groups is 1. The molecule has 2 aliphatic heterocycles. The molecule has 0 radical (unpaired) electrons. The number of nitrogens with zero attached hydrogens (tertiary/aromatic N) is 4. The number of benzene rings is 3. The predicted molar refractivity (Wildman–Crippen MR) is 280 cm³/mol. The molecule has 10 nitrogen and oxygen atoms in total. The van der Waals surface area contributed by atoms with Gasteiger partial charge in [-0.2, -0.15) is 11.6 Å². The molecular weight excluding hydrogens is 859 g/mol. The molecule has 6 rings (SSSR count). The molecule has 4 aromatic rings. The van der Waals surface area contributed by atoms with Gasteiger partial charge in [0, 0.05) is 54.5 Å². The average molecular weight is 923 g/mol. The fourth-order valence-corrected chi connectivity index (χ4v) is 8.05. The van der Waals surface area contributed by atoms with Crippen molar-refractivity contribution in [2.24, 2.45) is 0 Å².